The number of nitrogens with zero attached hydrogens (tertiary/aromatic N) is 2. The van der Waals surface area contributed by atoms with Gasteiger partial charge in [-0.1, -0.05) is 28.1 Å². The first-order valence-corrected chi connectivity index (χ1v) is 8.21. The summed E-state index contributed by atoms with van der Waals surface area (Å²) in [7, 11) is -1.27. The molecule has 0 aliphatic carbocycles. The van der Waals surface area contributed by atoms with E-state index in [0.29, 0.717) is 5.71 Å². The number of pyridine rings is 1. The second-order valence-electron chi connectivity index (χ2n) is 5.57. The van der Waals surface area contributed by atoms with Crippen LogP contribution in [0.4, 0.5) is 0 Å². The van der Waals surface area contributed by atoms with E-state index >= 15 is 0 Å². The summed E-state index contributed by atoms with van der Waals surface area (Å²) in [6.07, 6.45) is 0. The molecule has 106 valence electrons. The highest BCUT2D eigenvalue weighted by atomic mass is 79.9. The first-order chi connectivity index (χ1) is 9.27. The highest BCUT2D eigenvalue weighted by molar-refractivity contribution is 9.10. The van der Waals surface area contributed by atoms with Crippen LogP contribution in [0.3, 0.4) is 0 Å². The third kappa shape index (κ3) is 3.52. The molecule has 0 aliphatic heterocycles. The highest BCUT2D eigenvalue weighted by Crippen LogP contribution is 2.19. The summed E-state index contributed by atoms with van der Waals surface area (Å²) in [4.78, 5) is 4.58. The maximum atomic E-state index is 12.1. The molecule has 1 atom stereocenters. The Labute approximate surface area is 130 Å². The van der Waals surface area contributed by atoms with Crippen LogP contribution < -0.4 is 0 Å². The van der Waals surface area contributed by atoms with Gasteiger partial charge in [-0.3, -0.25) is 0 Å². The van der Waals surface area contributed by atoms with Crippen molar-refractivity contribution in [3.05, 3.63) is 40.5 Å². The second-order valence-corrected chi connectivity index (χ2v) is 8.39. The van der Waals surface area contributed by atoms with E-state index in [1.54, 1.807) is 0 Å². The molecule has 0 amide bonds. The molecule has 1 aromatic carbocycles. The topological polar surface area (TPSA) is 42.3 Å². The van der Waals surface area contributed by atoms with Crippen molar-refractivity contribution < 1.29 is 4.21 Å². The first kappa shape index (κ1) is 15.3. The lowest BCUT2D eigenvalue weighted by Gasteiger charge is -2.14. The van der Waals surface area contributed by atoms with Gasteiger partial charge in [0.05, 0.1) is 21.7 Å². The Bertz CT molecular complexity index is 705. The van der Waals surface area contributed by atoms with E-state index in [2.05, 4.69) is 25.3 Å². The summed E-state index contributed by atoms with van der Waals surface area (Å²) >= 11 is 3.44. The quantitative estimate of drug-likeness (QED) is 0.757. The van der Waals surface area contributed by atoms with Gasteiger partial charge in [-0.15, -0.1) is 0 Å². The van der Waals surface area contributed by atoms with Gasteiger partial charge < -0.3 is 0 Å². The number of halogens is 1. The molecule has 0 aliphatic rings. The predicted molar refractivity (Wildman–Crippen MR) is 89.5 cm³/mol. The summed E-state index contributed by atoms with van der Waals surface area (Å²) in [5.74, 6) is 0. The van der Waals surface area contributed by atoms with Crippen molar-refractivity contribution in [1.29, 1.82) is 0 Å². The fraction of sp³-hybridized carbons (Fsp3) is 0.333. The van der Waals surface area contributed by atoms with Gasteiger partial charge in [-0.2, -0.15) is 4.40 Å². The fourth-order valence-electron chi connectivity index (χ4n) is 1.60. The molecule has 5 heteroatoms. The van der Waals surface area contributed by atoms with Gasteiger partial charge in [0.25, 0.3) is 0 Å². The molecular formula is C15H17BrN2OS. The molecule has 20 heavy (non-hydrogen) atoms. The Morgan fingerprint density at radius 1 is 1.25 bits per heavy atom. The van der Waals surface area contributed by atoms with Crippen LogP contribution in [0.1, 0.15) is 33.4 Å². The van der Waals surface area contributed by atoms with Gasteiger partial charge in [-0.25, -0.2) is 9.19 Å². The SMILES string of the molecule is CC(=NS(=O)C(C)(C)C)c1ccc2ccc(Br)cc2n1. The van der Waals surface area contributed by atoms with Crippen molar-refractivity contribution >= 4 is 43.5 Å². The van der Waals surface area contributed by atoms with Gasteiger partial charge in [0.1, 0.15) is 11.0 Å². The first-order valence-electron chi connectivity index (χ1n) is 6.31. The monoisotopic (exact) mass is 352 g/mol. The summed E-state index contributed by atoms with van der Waals surface area (Å²) in [5.41, 5.74) is 2.35. The zero-order valence-corrected chi connectivity index (χ0v) is 14.4. The highest BCUT2D eigenvalue weighted by Gasteiger charge is 2.19. The van der Waals surface area contributed by atoms with E-state index in [9.17, 15) is 4.21 Å². The van der Waals surface area contributed by atoms with Crippen molar-refractivity contribution in [2.24, 2.45) is 4.40 Å². The van der Waals surface area contributed by atoms with Crippen LogP contribution in [0.2, 0.25) is 0 Å². The van der Waals surface area contributed by atoms with Crippen LogP contribution in [0.25, 0.3) is 10.9 Å². The maximum absolute atomic E-state index is 12.1. The molecule has 0 saturated heterocycles. The molecule has 1 aromatic heterocycles. The van der Waals surface area contributed by atoms with Crippen LogP contribution >= 0.6 is 15.9 Å². The zero-order valence-electron chi connectivity index (χ0n) is 12.0. The molecule has 1 unspecified atom stereocenters. The van der Waals surface area contributed by atoms with E-state index < -0.39 is 11.0 Å². The minimum Gasteiger partial charge on any atom is -0.246 e. The predicted octanol–water partition coefficient (Wildman–Crippen LogP) is 4.27. The van der Waals surface area contributed by atoms with Crippen LogP contribution in [-0.4, -0.2) is 19.7 Å². The number of rotatable bonds is 2. The molecule has 0 bridgehead atoms. The van der Waals surface area contributed by atoms with Gasteiger partial charge in [0.2, 0.25) is 0 Å². The van der Waals surface area contributed by atoms with Crippen molar-refractivity contribution in [1.82, 2.24) is 4.98 Å². The Morgan fingerprint density at radius 2 is 1.90 bits per heavy atom. The molecule has 1 heterocycles. The van der Waals surface area contributed by atoms with E-state index in [1.165, 1.54) is 0 Å². The molecular weight excluding hydrogens is 336 g/mol. The number of hydrogen-bond acceptors (Lipinski definition) is 2. The van der Waals surface area contributed by atoms with Gasteiger partial charge in [0, 0.05) is 9.86 Å². The smallest absolute Gasteiger partial charge is 0.145 e. The van der Waals surface area contributed by atoms with Gasteiger partial charge in [-0.05, 0) is 45.9 Å². The molecule has 0 radical (unpaired) electrons. The molecule has 0 N–H and O–H groups in total. The van der Waals surface area contributed by atoms with Crippen molar-refractivity contribution in [3.63, 3.8) is 0 Å². The summed E-state index contributed by atoms with van der Waals surface area (Å²) in [6.45, 7) is 7.57. The third-order valence-electron chi connectivity index (χ3n) is 2.77. The van der Waals surface area contributed by atoms with Gasteiger partial charge >= 0.3 is 0 Å². The molecule has 0 fully saturated rings. The van der Waals surface area contributed by atoms with Crippen LogP contribution in [0.15, 0.2) is 39.2 Å². The van der Waals surface area contributed by atoms with Crippen molar-refractivity contribution in [2.75, 3.05) is 0 Å². The summed E-state index contributed by atoms with van der Waals surface area (Å²) in [5, 5.41) is 1.07. The normalized spacial score (nSPS) is 14.6. The van der Waals surface area contributed by atoms with E-state index in [0.717, 1.165) is 21.1 Å². The Morgan fingerprint density at radius 3 is 2.55 bits per heavy atom. The third-order valence-corrected chi connectivity index (χ3v) is 4.75. The summed E-state index contributed by atoms with van der Waals surface area (Å²) in [6, 6.07) is 9.88. The largest absolute Gasteiger partial charge is 0.246 e. The molecule has 0 saturated carbocycles. The second kappa shape index (κ2) is 5.74. The Kier molecular flexibility index (Phi) is 4.39. The minimum atomic E-state index is -1.27. The number of fused-ring (bicyclic) bond motifs is 1. The number of aromatic nitrogens is 1. The molecule has 2 rings (SSSR count). The standard InChI is InChI=1S/C15H17BrN2OS/c1-10(18-20(19)15(2,3)4)13-8-6-11-5-7-12(16)9-14(11)17-13/h5-9H,1-4H3. The lowest BCUT2D eigenvalue weighted by atomic mass is 10.2. The molecule has 3 nitrogen and oxygen atoms in total. The van der Waals surface area contributed by atoms with E-state index in [1.807, 2.05) is 58.0 Å². The zero-order chi connectivity index (χ0) is 14.9. The van der Waals surface area contributed by atoms with Crippen molar-refractivity contribution in [2.45, 2.75) is 32.4 Å². The fourth-order valence-corrected chi connectivity index (χ4v) is 2.57. The lowest BCUT2D eigenvalue weighted by Crippen LogP contribution is -2.20. The Balaban J connectivity index is 2.42. The number of benzene rings is 1. The average molecular weight is 353 g/mol. The van der Waals surface area contributed by atoms with E-state index in [4.69, 9.17) is 0 Å². The minimum absolute atomic E-state index is 0.360. The Hall–Kier alpha value is -1.07. The van der Waals surface area contributed by atoms with Crippen LogP contribution in [-0.2, 0) is 11.0 Å². The van der Waals surface area contributed by atoms with Crippen LogP contribution in [0.5, 0.6) is 0 Å². The van der Waals surface area contributed by atoms with Crippen molar-refractivity contribution in [3.8, 4) is 0 Å². The summed E-state index contributed by atoms with van der Waals surface area (Å²) < 4.78 is 16.9. The number of hydrogen-bond donors (Lipinski definition) is 0. The lowest BCUT2D eigenvalue weighted by molar-refractivity contribution is 0.650. The van der Waals surface area contributed by atoms with Gasteiger partial charge in [0.15, 0.2) is 0 Å². The maximum Gasteiger partial charge on any atom is 0.145 e. The average Bonchev–Trinajstić information content (AvgIpc) is 2.36. The van der Waals surface area contributed by atoms with E-state index in [-0.39, 0.29) is 4.75 Å². The molecule has 0 spiro atoms. The van der Waals surface area contributed by atoms with Crippen LogP contribution in [0, 0.1) is 0 Å². The molecule has 2 aromatic rings.